The van der Waals surface area contributed by atoms with Crippen LogP contribution in [0.25, 0.3) is 0 Å². The first kappa shape index (κ1) is 10.9. The lowest BCUT2D eigenvalue weighted by Crippen LogP contribution is -2.33. The molecule has 0 N–H and O–H groups in total. The Morgan fingerprint density at radius 2 is 2.20 bits per heavy atom. The van der Waals surface area contributed by atoms with Crippen LogP contribution in [0.2, 0.25) is 0 Å². The number of hydrogen-bond acceptors (Lipinski definition) is 1. The molecule has 1 unspecified atom stereocenters. The number of rotatable bonds is 3. The first-order chi connectivity index (χ1) is 7.26. The molecule has 1 aromatic rings. The van der Waals surface area contributed by atoms with Crippen LogP contribution in [0, 0.1) is 5.82 Å². The van der Waals surface area contributed by atoms with E-state index in [0.29, 0.717) is 17.9 Å². The van der Waals surface area contributed by atoms with E-state index in [1.807, 2.05) is 6.07 Å². The normalized spacial score (nSPS) is 25.7. The van der Waals surface area contributed by atoms with E-state index in [4.69, 9.17) is 16.3 Å². The Kier molecular flexibility index (Phi) is 3.27. The molecule has 1 aromatic carbocycles. The summed E-state index contributed by atoms with van der Waals surface area (Å²) in [5.74, 6) is 0.263. The summed E-state index contributed by atoms with van der Waals surface area (Å²) in [6, 6.07) is 6.81. The molecule has 15 heavy (non-hydrogen) atoms. The lowest BCUT2D eigenvalue weighted by atomic mass is 9.93. The smallest absolute Gasteiger partial charge is 0.126 e. The molecule has 2 rings (SSSR count). The molecule has 1 atom stereocenters. The molecule has 1 fully saturated rings. The van der Waals surface area contributed by atoms with Crippen molar-refractivity contribution in [1.82, 2.24) is 0 Å². The highest BCUT2D eigenvalue weighted by Gasteiger charge is 2.35. The zero-order valence-corrected chi connectivity index (χ0v) is 9.27. The van der Waals surface area contributed by atoms with Gasteiger partial charge in [-0.15, -0.1) is 11.6 Å². The van der Waals surface area contributed by atoms with Crippen LogP contribution in [-0.2, 0) is 11.2 Å². The molecule has 0 amide bonds. The van der Waals surface area contributed by atoms with Gasteiger partial charge in [0.05, 0.1) is 11.5 Å². The Bertz CT molecular complexity index is 334. The van der Waals surface area contributed by atoms with E-state index in [1.54, 1.807) is 12.1 Å². The maximum Gasteiger partial charge on any atom is 0.126 e. The van der Waals surface area contributed by atoms with Crippen molar-refractivity contribution in [3.05, 3.63) is 35.6 Å². The fourth-order valence-corrected chi connectivity index (χ4v) is 2.34. The molecule has 0 aliphatic carbocycles. The molecule has 1 heterocycles. The fraction of sp³-hybridized carbons (Fsp3) is 0.500. The van der Waals surface area contributed by atoms with Crippen molar-refractivity contribution < 1.29 is 9.13 Å². The third-order valence-electron chi connectivity index (χ3n) is 2.90. The largest absolute Gasteiger partial charge is 0.373 e. The zero-order valence-electron chi connectivity index (χ0n) is 8.51. The minimum atomic E-state index is -0.344. The van der Waals surface area contributed by atoms with Crippen molar-refractivity contribution in [2.45, 2.75) is 24.9 Å². The molecule has 1 aliphatic rings. The van der Waals surface area contributed by atoms with E-state index in [0.717, 1.165) is 19.4 Å². The second kappa shape index (κ2) is 4.50. The Labute approximate surface area is 94.2 Å². The molecule has 0 radical (unpaired) electrons. The van der Waals surface area contributed by atoms with Crippen molar-refractivity contribution in [3.8, 4) is 0 Å². The highest BCUT2D eigenvalue weighted by Crippen LogP contribution is 2.31. The summed E-state index contributed by atoms with van der Waals surface area (Å²) < 4.78 is 19.1. The average molecular weight is 229 g/mol. The Hall–Kier alpha value is -0.600. The van der Waals surface area contributed by atoms with Gasteiger partial charge in [0.15, 0.2) is 0 Å². The summed E-state index contributed by atoms with van der Waals surface area (Å²) >= 11 is 5.92. The van der Waals surface area contributed by atoms with Crippen LogP contribution < -0.4 is 0 Å². The Balaban J connectivity index is 2.16. The van der Waals surface area contributed by atoms with Gasteiger partial charge < -0.3 is 4.74 Å². The van der Waals surface area contributed by atoms with E-state index < -0.39 is 0 Å². The number of alkyl halides is 1. The van der Waals surface area contributed by atoms with Crippen molar-refractivity contribution in [2.75, 3.05) is 12.5 Å². The molecule has 82 valence electrons. The van der Waals surface area contributed by atoms with E-state index in [9.17, 15) is 4.39 Å². The molecule has 3 heteroatoms. The predicted octanol–water partition coefficient (Wildman–Crippen LogP) is 3.16. The van der Waals surface area contributed by atoms with Gasteiger partial charge in [-0.1, -0.05) is 18.2 Å². The maximum absolute atomic E-state index is 13.5. The number of benzene rings is 1. The molecule has 0 aromatic heterocycles. The maximum atomic E-state index is 13.5. The number of hydrogen-bond donors (Lipinski definition) is 0. The van der Waals surface area contributed by atoms with Crippen LogP contribution in [0.4, 0.5) is 4.39 Å². The SMILES string of the molecule is Fc1ccccc1CC1(CCl)CCCO1. The van der Waals surface area contributed by atoms with Gasteiger partial charge in [-0.2, -0.15) is 0 Å². The van der Waals surface area contributed by atoms with Gasteiger partial charge in [-0.3, -0.25) is 0 Å². The lowest BCUT2D eigenvalue weighted by molar-refractivity contribution is 0.0231. The minimum absolute atomic E-state index is 0.169. The predicted molar refractivity (Wildman–Crippen MR) is 58.7 cm³/mol. The molecular weight excluding hydrogens is 215 g/mol. The summed E-state index contributed by atoms with van der Waals surface area (Å²) in [5.41, 5.74) is 0.351. The minimum Gasteiger partial charge on any atom is -0.373 e. The van der Waals surface area contributed by atoms with Crippen LogP contribution in [0.15, 0.2) is 24.3 Å². The van der Waals surface area contributed by atoms with Crippen LogP contribution in [0.5, 0.6) is 0 Å². The molecule has 0 bridgehead atoms. The van der Waals surface area contributed by atoms with Gasteiger partial charge in [-0.05, 0) is 24.5 Å². The zero-order chi connectivity index (χ0) is 10.7. The molecular formula is C12H14ClFO. The molecule has 0 spiro atoms. The summed E-state index contributed by atoms with van der Waals surface area (Å²) in [6.45, 7) is 0.737. The standard InChI is InChI=1S/C12H14ClFO/c13-9-12(6-3-7-15-12)8-10-4-1-2-5-11(10)14/h1-2,4-5H,3,6-9H2. The topological polar surface area (TPSA) is 9.23 Å². The van der Waals surface area contributed by atoms with Gasteiger partial charge >= 0.3 is 0 Å². The van der Waals surface area contributed by atoms with E-state index in [2.05, 4.69) is 0 Å². The first-order valence-electron chi connectivity index (χ1n) is 5.19. The van der Waals surface area contributed by atoms with Crippen molar-refractivity contribution in [1.29, 1.82) is 0 Å². The highest BCUT2D eigenvalue weighted by molar-refractivity contribution is 6.18. The fourth-order valence-electron chi connectivity index (χ4n) is 2.04. The van der Waals surface area contributed by atoms with Crippen molar-refractivity contribution in [2.24, 2.45) is 0 Å². The summed E-state index contributed by atoms with van der Waals surface area (Å²) in [4.78, 5) is 0. The first-order valence-corrected chi connectivity index (χ1v) is 5.73. The van der Waals surface area contributed by atoms with Gasteiger partial charge in [0.2, 0.25) is 0 Å². The van der Waals surface area contributed by atoms with E-state index >= 15 is 0 Å². The second-order valence-corrected chi connectivity index (χ2v) is 4.30. The summed E-state index contributed by atoms with van der Waals surface area (Å²) in [7, 11) is 0. The molecule has 0 saturated carbocycles. The van der Waals surface area contributed by atoms with Gasteiger partial charge in [0.1, 0.15) is 5.82 Å². The third-order valence-corrected chi connectivity index (χ3v) is 3.39. The molecule has 1 aliphatic heterocycles. The van der Waals surface area contributed by atoms with Crippen LogP contribution in [0.3, 0.4) is 0 Å². The third kappa shape index (κ3) is 2.32. The van der Waals surface area contributed by atoms with E-state index in [1.165, 1.54) is 6.07 Å². The Morgan fingerprint density at radius 3 is 2.80 bits per heavy atom. The number of halogens is 2. The monoisotopic (exact) mass is 228 g/mol. The highest BCUT2D eigenvalue weighted by atomic mass is 35.5. The second-order valence-electron chi connectivity index (χ2n) is 4.04. The van der Waals surface area contributed by atoms with Crippen molar-refractivity contribution in [3.63, 3.8) is 0 Å². The van der Waals surface area contributed by atoms with Gasteiger partial charge in [0, 0.05) is 13.0 Å². The van der Waals surface area contributed by atoms with E-state index in [-0.39, 0.29) is 11.4 Å². The van der Waals surface area contributed by atoms with Gasteiger partial charge in [-0.25, -0.2) is 4.39 Å². The van der Waals surface area contributed by atoms with Crippen LogP contribution >= 0.6 is 11.6 Å². The quantitative estimate of drug-likeness (QED) is 0.723. The Morgan fingerprint density at radius 1 is 1.40 bits per heavy atom. The average Bonchev–Trinajstić information content (AvgIpc) is 2.71. The molecule has 1 nitrogen and oxygen atoms in total. The number of ether oxygens (including phenoxy) is 1. The van der Waals surface area contributed by atoms with Crippen molar-refractivity contribution >= 4 is 11.6 Å². The molecule has 1 saturated heterocycles. The van der Waals surface area contributed by atoms with Crippen LogP contribution in [-0.4, -0.2) is 18.1 Å². The lowest BCUT2D eigenvalue weighted by Gasteiger charge is -2.25. The van der Waals surface area contributed by atoms with Gasteiger partial charge in [0.25, 0.3) is 0 Å². The summed E-state index contributed by atoms with van der Waals surface area (Å²) in [6.07, 6.45) is 2.51. The summed E-state index contributed by atoms with van der Waals surface area (Å²) in [5, 5.41) is 0. The van der Waals surface area contributed by atoms with Crippen LogP contribution in [0.1, 0.15) is 18.4 Å².